The summed E-state index contributed by atoms with van der Waals surface area (Å²) in [6.07, 6.45) is 1.28. The zero-order valence-electron chi connectivity index (χ0n) is 7.54. The van der Waals surface area contributed by atoms with Gasteiger partial charge in [-0.2, -0.15) is 4.99 Å². The van der Waals surface area contributed by atoms with Gasteiger partial charge in [-0.1, -0.05) is 0 Å². The Balaban J connectivity index is 2.62. The van der Waals surface area contributed by atoms with Crippen LogP contribution in [0.3, 0.4) is 0 Å². The van der Waals surface area contributed by atoms with E-state index in [0.717, 1.165) is 6.42 Å². The van der Waals surface area contributed by atoms with Crippen LogP contribution in [0.5, 0.6) is 0 Å². The van der Waals surface area contributed by atoms with Crippen molar-refractivity contribution in [3.05, 3.63) is 0 Å². The van der Waals surface area contributed by atoms with E-state index in [1.807, 2.05) is 0 Å². The lowest BCUT2D eigenvalue weighted by molar-refractivity contribution is -0.132. The van der Waals surface area contributed by atoms with Crippen molar-refractivity contribution in [1.82, 2.24) is 5.32 Å². The molecule has 0 radical (unpaired) electrons. The minimum Gasteiger partial charge on any atom is -0.330 e. The molecule has 1 rings (SSSR count). The topological polar surface area (TPSA) is 84.6 Å². The van der Waals surface area contributed by atoms with E-state index in [1.54, 1.807) is 6.92 Å². The Morgan fingerprint density at radius 3 is 2.77 bits per heavy atom. The normalized spacial score (nSPS) is 22.6. The van der Waals surface area contributed by atoms with Crippen molar-refractivity contribution in [2.24, 2.45) is 16.6 Å². The molecular weight excluding hydrogens is 170 g/mol. The van der Waals surface area contributed by atoms with Crippen LogP contribution in [0.25, 0.3) is 0 Å². The summed E-state index contributed by atoms with van der Waals surface area (Å²) >= 11 is 0. The molecule has 0 aromatic heterocycles. The summed E-state index contributed by atoms with van der Waals surface area (Å²) in [4.78, 5) is 26.0. The van der Waals surface area contributed by atoms with E-state index in [1.165, 1.54) is 0 Å². The van der Waals surface area contributed by atoms with Gasteiger partial charge in [0.1, 0.15) is 11.8 Å². The van der Waals surface area contributed by atoms with Crippen LogP contribution in [0, 0.1) is 5.92 Å². The Morgan fingerprint density at radius 2 is 2.23 bits per heavy atom. The molecule has 1 unspecified atom stereocenters. The van der Waals surface area contributed by atoms with Crippen LogP contribution in [0.1, 0.15) is 19.8 Å². The third-order valence-corrected chi connectivity index (χ3v) is 1.89. The summed E-state index contributed by atoms with van der Waals surface area (Å²) in [5.74, 6) is -0.844. The van der Waals surface area contributed by atoms with Crippen molar-refractivity contribution in [3.63, 3.8) is 0 Å². The van der Waals surface area contributed by atoms with Gasteiger partial charge in [0.2, 0.25) is 5.91 Å². The zero-order valence-corrected chi connectivity index (χ0v) is 7.54. The molecule has 0 aromatic rings. The number of nitrogens with zero attached hydrogens (tertiary/aromatic N) is 1. The van der Waals surface area contributed by atoms with Crippen molar-refractivity contribution < 1.29 is 9.59 Å². The molecule has 3 N–H and O–H groups in total. The number of carbonyl (C=O) groups excluding carboxylic acids is 2. The first kappa shape index (κ1) is 9.85. The number of nitrogens with one attached hydrogen (secondary N) is 1. The highest BCUT2D eigenvalue weighted by Gasteiger charge is 2.26. The average molecular weight is 183 g/mol. The van der Waals surface area contributed by atoms with Crippen LogP contribution in [-0.4, -0.2) is 24.2 Å². The first-order chi connectivity index (χ1) is 6.15. The largest absolute Gasteiger partial charge is 0.330 e. The van der Waals surface area contributed by atoms with Gasteiger partial charge in [0, 0.05) is 6.42 Å². The third kappa shape index (κ3) is 2.35. The first-order valence-corrected chi connectivity index (χ1v) is 4.27. The standard InChI is InChI=1S/C8H13N3O2/c1-5-7(12)10-6(3-2-4-9)11-8(5)13/h5H,2-4,9H2,1H3,(H,10,11,12,13). The van der Waals surface area contributed by atoms with Crippen LogP contribution in [0.2, 0.25) is 0 Å². The molecule has 0 aromatic carbocycles. The van der Waals surface area contributed by atoms with Gasteiger partial charge in [-0.05, 0) is 19.9 Å². The van der Waals surface area contributed by atoms with E-state index in [-0.39, 0.29) is 11.8 Å². The van der Waals surface area contributed by atoms with Crippen LogP contribution >= 0.6 is 0 Å². The van der Waals surface area contributed by atoms with E-state index in [0.29, 0.717) is 18.8 Å². The van der Waals surface area contributed by atoms with Gasteiger partial charge in [-0.15, -0.1) is 0 Å². The smallest absolute Gasteiger partial charge is 0.259 e. The van der Waals surface area contributed by atoms with Crippen molar-refractivity contribution >= 4 is 17.6 Å². The second-order valence-corrected chi connectivity index (χ2v) is 3.00. The van der Waals surface area contributed by atoms with Crippen LogP contribution in [0.15, 0.2) is 4.99 Å². The second-order valence-electron chi connectivity index (χ2n) is 3.00. The fraction of sp³-hybridized carbons (Fsp3) is 0.625. The van der Waals surface area contributed by atoms with Gasteiger partial charge in [0.05, 0.1) is 0 Å². The summed E-state index contributed by atoms with van der Waals surface area (Å²) < 4.78 is 0. The summed E-state index contributed by atoms with van der Waals surface area (Å²) in [6.45, 7) is 2.07. The molecule has 1 atom stereocenters. The highest BCUT2D eigenvalue weighted by Crippen LogP contribution is 2.05. The van der Waals surface area contributed by atoms with Crippen molar-refractivity contribution in [2.45, 2.75) is 19.8 Å². The molecule has 5 heteroatoms. The fourth-order valence-electron chi connectivity index (χ4n) is 1.01. The number of hydrogen-bond donors (Lipinski definition) is 2. The molecule has 0 saturated heterocycles. The number of amides is 2. The van der Waals surface area contributed by atoms with Gasteiger partial charge in [-0.25, -0.2) is 0 Å². The van der Waals surface area contributed by atoms with Crippen LogP contribution in [0.4, 0.5) is 0 Å². The minimum absolute atomic E-state index is 0.271. The lowest BCUT2D eigenvalue weighted by Gasteiger charge is -2.16. The molecule has 0 spiro atoms. The number of hydrogen-bond acceptors (Lipinski definition) is 3. The molecule has 2 amide bonds. The van der Waals surface area contributed by atoms with Crippen LogP contribution in [-0.2, 0) is 9.59 Å². The number of carbonyl (C=O) groups is 2. The molecule has 1 aliphatic heterocycles. The van der Waals surface area contributed by atoms with E-state index in [4.69, 9.17) is 5.73 Å². The van der Waals surface area contributed by atoms with Crippen molar-refractivity contribution in [3.8, 4) is 0 Å². The average Bonchev–Trinajstić information content (AvgIpc) is 2.10. The fourth-order valence-corrected chi connectivity index (χ4v) is 1.01. The van der Waals surface area contributed by atoms with Crippen molar-refractivity contribution in [1.29, 1.82) is 0 Å². The Bertz CT molecular complexity index is 260. The summed E-state index contributed by atoms with van der Waals surface area (Å²) in [5.41, 5.74) is 5.29. The monoisotopic (exact) mass is 183 g/mol. The van der Waals surface area contributed by atoms with Gasteiger partial charge in [0.25, 0.3) is 5.91 Å². The molecule has 1 aliphatic rings. The Labute approximate surface area is 76.4 Å². The Hall–Kier alpha value is -1.23. The van der Waals surface area contributed by atoms with E-state index in [9.17, 15) is 9.59 Å². The Kier molecular flexibility index (Phi) is 3.13. The third-order valence-electron chi connectivity index (χ3n) is 1.89. The van der Waals surface area contributed by atoms with Gasteiger partial charge < -0.3 is 11.1 Å². The van der Waals surface area contributed by atoms with E-state index >= 15 is 0 Å². The number of amidine groups is 1. The summed E-state index contributed by atoms with van der Waals surface area (Å²) in [6, 6.07) is 0. The molecule has 1 heterocycles. The molecule has 13 heavy (non-hydrogen) atoms. The molecule has 0 fully saturated rings. The van der Waals surface area contributed by atoms with Crippen molar-refractivity contribution in [2.75, 3.05) is 6.54 Å². The van der Waals surface area contributed by atoms with Gasteiger partial charge >= 0.3 is 0 Å². The molecular formula is C8H13N3O2. The lowest BCUT2D eigenvalue weighted by Crippen LogP contribution is -2.42. The molecule has 0 bridgehead atoms. The quantitative estimate of drug-likeness (QED) is 0.574. The zero-order chi connectivity index (χ0) is 9.84. The minimum atomic E-state index is -0.651. The van der Waals surface area contributed by atoms with Gasteiger partial charge in [-0.3, -0.25) is 9.59 Å². The second kappa shape index (κ2) is 4.13. The van der Waals surface area contributed by atoms with Gasteiger partial charge in [0.15, 0.2) is 0 Å². The highest BCUT2D eigenvalue weighted by molar-refractivity contribution is 6.15. The maximum absolute atomic E-state index is 11.1. The maximum Gasteiger partial charge on any atom is 0.259 e. The first-order valence-electron chi connectivity index (χ1n) is 4.27. The van der Waals surface area contributed by atoms with E-state index < -0.39 is 5.92 Å². The predicted octanol–water partition coefficient (Wildman–Crippen LogP) is -0.584. The number of rotatable bonds is 3. The number of nitrogens with two attached hydrogens (primary N) is 1. The molecule has 0 saturated carbocycles. The molecule has 5 nitrogen and oxygen atoms in total. The number of aliphatic imine (C=N–C) groups is 1. The molecule has 72 valence electrons. The molecule has 0 aliphatic carbocycles. The summed E-state index contributed by atoms with van der Waals surface area (Å²) in [7, 11) is 0. The highest BCUT2D eigenvalue weighted by atomic mass is 16.2. The maximum atomic E-state index is 11.1. The summed E-state index contributed by atoms with van der Waals surface area (Å²) in [5, 5.41) is 2.57. The predicted molar refractivity (Wildman–Crippen MR) is 48.0 cm³/mol. The Morgan fingerprint density at radius 1 is 1.54 bits per heavy atom. The van der Waals surface area contributed by atoms with Crippen LogP contribution < -0.4 is 11.1 Å². The van der Waals surface area contributed by atoms with E-state index in [2.05, 4.69) is 10.3 Å². The lowest BCUT2D eigenvalue weighted by atomic mass is 10.1. The SMILES string of the molecule is CC1C(=O)N=C(CCCN)NC1=O.